The fourth-order valence-corrected chi connectivity index (χ4v) is 4.27. The van der Waals surface area contributed by atoms with E-state index in [1.807, 2.05) is 0 Å². The van der Waals surface area contributed by atoms with Crippen molar-refractivity contribution < 1.29 is 4.74 Å². The largest absolute Gasteiger partial charge is 0.379 e. The summed E-state index contributed by atoms with van der Waals surface area (Å²) in [5.41, 5.74) is 0. The standard InChI is InChI=1S/C19H36N4O.HI/c1-2-20-19(21-9-6-10-23-11-13-24-14-12-23)22-18-15-17(18)16-7-4-3-5-8-16;/h16-18H,2-15H2,1H3,(H2,20,21,22);1H. The zero-order valence-electron chi connectivity index (χ0n) is 15.8. The third-order valence-corrected chi connectivity index (χ3v) is 5.77. The molecule has 2 N–H and O–H groups in total. The summed E-state index contributed by atoms with van der Waals surface area (Å²) in [5, 5.41) is 7.10. The van der Waals surface area contributed by atoms with Crippen LogP contribution in [0.2, 0.25) is 0 Å². The lowest BCUT2D eigenvalue weighted by molar-refractivity contribution is 0.0377. The van der Waals surface area contributed by atoms with Gasteiger partial charge >= 0.3 is 0 Å². The molecular formula is C19H37IN4O. The average molecular weight is 464 g/mol. The number of guanidine groups is 1. The number of halogens is 1. The number of rotatable bonds is 7. The maximum atomic E-state index is 5.40. The van der Waals surface area contributed by atoms with Crippen molar-refractivity contribution in [1.29, 1.82) is 0 Å². The fourth-order valence-electron chi connectivity index (χ4n) is 4.27. The van der Waals surface area contributed by atoms with Gasteiger partial charge in [0.15, 0.2) is 5.96 Å². The van der Waals surface area contributed by atoms with E-state index in [2.05, 4.69) is 22.5 Å². The first-order valence-electron chi connectivity index (χ1n) is 10.2. The molecule has 1 aliphatic heterocycles. The van der Waals surface area contributed by atoms with E-state index in [9.17, 15) is 0 Å². The van der Waals surface area contributed by atoms with Crippen LogP contribution >= 0.6 is 24.0 Å². The SMILES string of the molecule is CCNC(=NCCCN1CCOCC1)NC1CC1C1CCCCC1.I. The van der Waals surface area contributed by atoms with Crippen LogP contribution in [0.5, 0.6) is 0 Å². The summed E-state index contributed by atoms with van der Waals surface area (Å²) in [7, 11) is 0. The molecule has 0 aromatic carbocycles. The molecule has 1 saturated heterocycles. The number of nitrogens with one attached hydrogen (secondary N) is 2. The molecule has 0 spiro atoms. The van der Waals surface area contributed by atoms with Crippen LogP contribution in [0.25, 0.3) is 0 Å². The highest BCUT2D eigenvalue weighted by atomic mass is 127. The zero-order chi connectivity index (χ0) is 16.6. The molecule has 2 atom stereocenters. The zero-order valence-corrected chi connectivity index (χ0v) is 18.2. The summed E-state index contributed by atoms with van der Waals surface area (Å²) in [5.74, 6) is 2.91. The maximum absolute atomic E-state index is 5.40. The van der Waals surface area contributed by atoms with Crippen molar-refractivity contribution in [3.8, 4) is 0 Å². The molecule has 0 amide bonds. The van der Waals surface area contributed by atoms with Crippen LogP contribution in [0.3, 0.4) is 0 Å². The van der Waals surface area contributed by atoms with Gasteiger partial charge in [0.25, 0.3) is 0 Å². The number of ether oxygens (including phenoxy) is 1. The van der Waals surface area contributed by atoms with Crippen molar-refractivity contribution >= 4 is 29.9 Å². The van der Waals surface area contributed by atoms with E-state index in [0.717, 1.165) is 70.2 Å². The predicted octanol–water partition coefficient (Wildman–Crippen LogP) is 2.85. The summed E-state index contributed by atoms with van der Waals surface area (Å²) < 4.78 is 5.40. The number of aliphatic imine (C=N–C) groups is 1. The Labute approximate surface area is 170 Å². The lowest BCUT2D eigenvalue weighted by atomic mass is 9.85. The number of hydrogen-bond acceptors (Lipinski definition) is 3. The quantitative estimate of drug-likeness (QED) is 0.263. The Morgan fingerprint density at radius 1 is 1.16 bits per heavy atom. The van der Waals surface area contributed by atoms with Crippen LogP contribution in [0, 0.1) is 11.8 Å². The Balaban J connectivity index is 0.00000225. The van der Waals surface area contributed by atoms with Gasteiger partial charge < -0.3 is 15.4 Å². The highest BCUT2D eigenvalue weighted by Gasteiger charge is 2.43. The van der Waals surface area contributed by atoms with Gasteiger partial charge in [0.2, 0.25) is 0 Å². The molecule has 3 rings (SSSR count). The van der Waals surface area contributed by atoms with Gasteiger partial charge in [-0.05, 0) is 31.6 Å². The summed E-state index contributed by atoms with van der Waals surface area (Å²) in [6, 6.07) is 0.671. The predicted molar refractivity (Wildman–Crippen MR) is 115 cm³/mol. The molecule has 146 valence electrons. The Morgan fingerprint density at radius 3 is 2.64 bits per heavy atom. The summed E-state index contributed by atoms with van der Waals surface area (Å²) >= 11 is 0. The maximum Gasteiger partial charge on any atom is 0.191 e. The van der Waals surface area contributed by atoms with Crippen LogP contribution in [0.1, 0.15) is 51.9 Å². The van der Waals surface area contributed by atoms with Gasteiger partial charge in [0.1, 0.15) is 0 Å². The molecule has 2 unspecified atom stereocenters. The van der Waals surface area contributed by atoms with Gasteiger partial charge in [-0.15, -0.1) is 24.0 Å². The molecule has 0 radical (unpaired) electrons. The van der Waals surface area contributed by atoms with E-state index in [1.165, 1.54) is 38.5 Å². The highest BCUT2D eigenvalue weighted by Crippen LogP contribution is 2.44. The van der Waals surface area contributed by atoms with E-state index >= 15 is 0 Å². The van der Waals surface area contributed by atoms with Crippen molar-refractivity contribution in [2.75, 3.05) is 45.9 Å². The molecule has 3 aliphatic rings. The van der Waals surface area contributed by atoms with E-state index in [0.29, 0.717) is 6.04 Å². The number of nitrogens with zero attached hydrogens (tertiary/aromatic N) is 2. The second-order valence-electron chi connectivity index (χ2n) is 7.62. The average Bonchev–Trinajstić information content (AvgIpc) is 3.40. The van der Waals surface area contributed by atoms with Gasteiger partial charge in [-0.2, -0.15) is 0 Å². The first-order chi connectivity index (χ1) is 11.9. The molecule has 2 aliphatic carbocycles. The van der Waals surface area contributed by atoms with E-state index in [1.54, 1.807) is 0 Å². The third kappa shape index (κ3) is 7.21. The second-order valence-corrected chi connectivity index (χ2v) is 7.62. The molecule has 3 fully saturated rings. The Morgan fingerprint density at radius 2 is 1.92 bits per heavy atom. The minimum absolute atomic E-state index is 0. The molecule has 2 saturated carbocycles. The fraction of sp³-hybridized carbons (Fsp3) is 0.947. The highest BCUT2D eigenvalue weighted by molar-refractivity contribution is 14.0. The molecule has 0 aromatic heterocycles. The summed E-state index contributed by atoms with van der Waals surface area (Å²) in [6.07, 6.45) is 9.74. The smallest absolute Gasteiger partial charge is 0.191 e. The third-order valence-electron chi connectivity index (χ3n) is 5.77. The van der Waals surface area contributed by atoms with Crippen LogP contribution < -0.4 is 10.6 Å². The minimum Gasteiger partial charge on any atom is -0.379 e. The monoisotopic (exact) mass is 464 g/mol. The van der Waals surface area contributed by atoms with Crippen LogP contribution in [-0.4, -0.2) is 62.8 Å². The van der Waals surface area contributed by atoms with Crippen molar-refractivity contribution in [1.82, 2.24) is 15.5 Å². The first-order valence-corrected chi connectivity index (χ1v) is 10.2. The minimum atomic E-state index is 0. The van der Waals surface area contributed by atoms with E-state index < -0.39 is 0 Å². The van der Waals surface area contributed by atoms with Crippen molar-refractivity contribution in [3.63, 3.8) is 0 Å². The molecule has 25 heavy (non-hydrogen) atoms. The Bertz CT molecular complexity index is 395. The number of hydrogen-bond donors (Lipinski definition) is 2. The van der Waals surface area contributed by atoms with Gasteiger partial charge in [0.05, 0.1) is 13.2 Å². The normalized spacial score (nSPS) is 28.3. The topological polar surface area (TPSA) is 48.9 Å². The first kappa shape index (κ1) is 21.2. The van der Waals surface area contributed by atoms with Gasteiger partial charge in [0, 0.05) is 38.8 Å². The van der Waals surface area contributed by atoms with Gasteiger partial charge in [-0.3, -0.25) is 9.89 Å². The second kappa shape index (κ2) is 11.6. The Kier molecular flexibility index (Phi) is 9.84. The van der Waals surface area contributed by atoms with Gasteiger partial charge in [-0.1, -0.05) is 32.1 Å². The lowest BCUT2D eigenvalue weighted by Gasteiger charge is -2.26. The molecule has 1 heterocycles. The van der Waals surface area contributed by atoms with Crippen molar-refractivity contribution in [3.05, 3.63) is 0 Å². The molecule has 0 aromatic rings. The van der Waals surface area contributed by atoms with Crippen LogP contribution in [-0.2, 0) is 4.74 Å². The van der Waals surface area contributed by atoms with Crippen molar-refractivity contribution in [2.24, 2.45) is 16.8 Å². The lowest BCUT2D eigenvalue weighted by Crippen LogP contribution is -2.40. The molecular weight excluding hydrogens is 427 g/mol. The summed E-state index contributed by atoms with van der Waals surface area (Å²) in [6.45, 7) is 9.07. The van der Waals surface area contributed by atoms with Crippen molar-refractivity contribution in [2.45, 2.75) is 57.9 Å². The molecule has 6 heteroatoms. The number of morpholine rings is 1. The van der Waals surface area contributed by atoms with Crippen LogP contribution in [0.15, 0.2) is 4.99 Å². The molecule has 5 nitrogen and oxygen atoms in total. The summed E-state index contributed by atoms with van der Waals surface area (Å²) in [4.78, 5) is 7.28. The van der Waals surface area contributed by atoms with Crippen LogP contribution in [0.4, 0.5) is 0 Å². The van der Waals surface area contributed by atoms with E-state index in [-0.39, 0.29) is 24.0 Å². The molecule has 0 bridgehead atoms. The Hall–Kier alpha value is -0.0800. The van der Waals surface area contributed by atoms with Gasteiger partial charge in [-0.25, -0.2) is 0 Å². The van der Waals surface area contributed by atoms with E-state index in [4.69, 9.17) is 9.73 Å².